The number of hydrogen-bond acceptors (Lipinski definition) is 3. The van der Waals surface area contributed by atoms with Gasteiger partial charge in [0.2, 0.25) is 0 Å². The summed E-state index contributed by atoms with van der Waals surface area (Å²) in [5.41, 5.74) is 17.0. The summed E-state index contributed by atoms with van der Waals surface area (Å²) < 4.78 is 6.95. The summed E-state index contributed by atoms with van der Waals surface area (Å²) in [7, 11) is 0. The van der Waals surface area contributed by atoms with E-state index in [-0.39, 0.29) is 31.9 Å². The molecule has 0 amide bonds. The fourth-order valence-corrected chi connectivity index (χ4v) is 9.12. The monoisotopic (exact) mass is 961 g/mol. The van der Waals surface area contributed by atoms with Crippen LogP contribution in [0.2, 0.25) is 0 Å². The van der Waals surface area contributed by atoms with E-state index in [1.807, 2.05) is 30.5 Å². The van der Waals surface area contributed by atoms with Crippen molar-refractivity contribution in [2.24, 2.45) is 0 Å². The topological polar surface area (TPSA) is 35.0 Å². The number of aryl methyl sites for hydroxylation is 3. The molecule has 60 heavy (non-hydrogen) atoms. The molecule has 4 heteroatoms. The third-order valence-corrected chi connectivity index (χ3v) is 12.0. The van der Waals surface area contributed by atoms with Gasteiger partial charge in [-0.05, 0) is 111 Å². The Morgan fingerprint density at radius 2 is 1.23 bits per heavy atom. The molecule has 0 fully saturated rings. The zero-order valence-corrected chi connectivity index (χ0v) is 38.2. The quantitative estimate of drug-likeness (QED) is 0.156. The van der Waals surface area contributed by atoms with Gasteiger partial charge in [-0.3, -0.25) is 9.97 Å². The van der Waals surface area contributed by atoms with Crippen molar-refractivity contribution in [2.75, 3.05) is 0 Å². The van der Waals surface area contributed by atoms with Crippen LogP contribution in [0, 0.1) is 32.9 Å². The van der Waals surface area contributed by atoms with Gasteiger partial charge in [-0.15, -0.1) is 29.3 Å². The number of para-hydroxylation sites is 1. The van der Waals surface area contributed by atoms with Gasteiger partial charge in [-0.2, -0.15) is 12.1 Å². The van der Waals surface area contributed by atoms with Gasteiger partial charge in [0, 0.05) is 17.7 Å². The van der Waals surface area contributed by atoms with Crippen LogP contribution in [-0.4, -0.2) is 9.97 Å². The van der Waals surface area contributed by atoms with Gasteiger partial charge >= 0.3 is 21.1 Å². The van der Waals surface area contributed by atoms with Crippen LogP contribution in [0.3, 0.4) is 0 Å². The Hall–Kier alpha value is -5.63. The average Bonchev–Trinajstić information content (AvgIpc) is 3.50. The van der Waals surface area contributed by atoms with Crippen LogP contribution in [0.4, 0.5) is 0 Å². The molecule has 9 rings (SSSR count). The zero-order chi connectivity index (χ0) is 41.3. The SMILES string of the molecule is Cc1cc(C)c(-c2cc(Oc3[c-]c(C4(c5ccccn5)c5cc(C(C)(C)C)ccc5-c5ccc(C(C)(C)C)cc54)ccc3)[c-]c(-c3ccc4ccccc4n3)c2)c(C)c1.[Pt+2]. The molecule has 0 unspecified atom stereocenters. The van der Waals surface area contributed by atoms with Crippen LogP contribution >= 0.6 is 0 Å². The van der Waals surface area contributed by atoms with Crippen molar-refractivity contribution in [1.82, 2.24) is 9.97 Å². The Bertz CT molecular complexity index is 2830. The second kappa shape index (κ2) is 15.4. The van der Waals surface area contributed by atoms with Crippen LogP contribution < -0.4 is 4.74 Å². The number of benzene rings is 6. The predicted molar refractivity (Wildman–Crippen MR) is 244 cm³/mol. The van der Waals surface area contributed by atoms with Crippen LogP contribution in [0.25, 0.3) is 44.4 Å². The normalized spacial score (nSPS) is 13.1. The van der Waals surface area contributed by atoms with Crippen molar-refractivity contribution in [3.05, 3.63) is 202 Å². The Labute approximate surface area is 370 Å². The molecule has 0 atom stereocenters. The molecule has 6 aromatic carbocycles. The molecular weight excluding hydrogens is 912 g/mol. The van der Waals surface area contributed by atoms with Gasteiger partial charge in [0.15, 0.2) is 0 Å². The summed E-state index contributed by atoms with van der Waals surface area (Å²) in [6.45, 7) is 20.2. The van der Waals surface area contributed by atoms with E-state index in [0.29, 0.717) is 11.5 Å². The Kier molecular flexibility index (Phi) is 10.6. The molecular formula is C56H50N2OPt. The minimum Gasteiger partial charge on any atom is -0.503 e. The summed E-state index contributed by atoms with van der Waals surface area (Å²) in [5.74, 6) is 1.21. The number of pyridine rings is 2. The summed E-state index contributed by atoms with van der Waals surface area (Å²) in [6.07, 6.45) is 1.91. The Morgan fingerprint density at radius 3 is 1.87 bits per heavy atom. The van der Waals surface area contributed by atoms with Crippen molar-refractivity contribution in [3.63, 3.8) is 0 Å². The summed E-state index contributed by atoms with van der Waals surface area (Å²) in [5, 5.41) is 1.10. The van der Waals surface area contributed by atoms with E-state index in [2.05, 4.69) is 184 Å². The second-order valence-electron chi connectivity index (χ2n) is 18.3. The first-order chi connectivity index (χ1) is 28.2. The molecule has 0 aliphatic heterocycles. The van der Waals surface area contributed by atoms with E-state index in [0.717, 1.165) is 39.0 Å². The van der Waals surface area contributed by atoms with Crippen molar-refractivity contribution in [3.8, 4) is 45.0 Å². The minimum atomic E-state index is -0.754. The van der Waals surface area contributed by atoms with Crippen LogP contribution in [0.5, 0.6) is 11.5 Å². The first kappa shape index (κ1) is 41.1. The summed E-state index contributed by atoms with van der Waals surface area (Å²) in [6, 6.07) is 55.3. The molecule has 300 valence electrons. The van der Waals surface area contributed by atoms with Crippen molar-refractivity contribution in [2.45, 2.75) is 78.6 Å². The van der Waals surface area contributed by atoms with Crippen LogP contribution in [0.15, 0.2) is 140 Å². The van der Waals surface area contributed by atoms with Gasteiger partial charge in [0.1, 0.15) is 0 Å². The molecule has 0 N–H and O–H groups in total. The standard InChI is InChI=1S/C56H50N2O.Pt/c1-35-27-36(2)53(37(3)28-35)40-29-39(51-25-20-38-15-10-11-18-50(38)58-51)30-45(31-40)59-44-17-14-16-43(32-44)56(52-19-12-13-26-57-52)48-33-41(54(4,5)6)21-23-46(48)47-24-22-42(34-49(47)56)55(7,8)9;/h10-29,31,33-34H,1-9H3;/q-2;+2. The number of rotatable bonds is 6. The maximum Gasteiger partial charge on any atom is 2.00 e. The van der Waals surface area contributed by atoms with Crippen LogP contribution in [0.1, 0.15) is 91.7 Å². The van der Waals surface area contributed by atoms with Crippen molar-refractivity contribution < 1.29 is 25.8 Å². The van der Waals surface area contributed by atoms with Crippen molar-refractivity contribution >= 4 is 10.9 Å². The smallest absolute Gasteiger partial charge is 0.503 e. The molecule has 0 spiro atoms. The largest absolute Gasteiger partial charge is 2.00 e. The van der Waals surface area contributed by atoms with E-state index in [1.54, 1.807) is 0 Å². The number of aromatic nitrogens is 2. The maximum atomic E-state index is 6.95. The van der Waals surface area contributed by atoms with E-state index in [9.17, 15) is 0 Å². The Balaban J connectivity index is 0.00000499. The van der Waals surface area contributed by atoms with Gasteiger partial charge in [-0.25, -0.2) is 0 Å². The molecule has 8 aromatic rings. The average molecular weight is 962 g/mol. The first-order valence-electron chi connectivity index (χ1n) is 20.6. The van der Waals surface area contributed by atoms with Crippen LogP contribution in [-0.2, 0) is 37.3 Å². The second-order valence-corrected chi connectivity index (χ2v) is 18.3. The molecule has 2 aromatic heterocycles. The molecule has 0 bridgehead atoms. The van der Waals surface area contributed by atoms with E-state index in [4.69, 9.17) is 14.7 Å². The van der Waals surface area contributed by atoms with Crippen molar-refractivity contribution in [1.29, 1.82) is 0 Å². The third kappa shape index (κ3) is 7.22. The minimum absolute atomic E-state index is 0. The van der Waals surface area contributed by atoms with E-state index < -0.39 is 5.41 Å². The Morgan fingerprint density at radius 1 is 0.583 bits per heavy atom. The predicted octanol–water partition coefficient (Wildman–Crippen LogP) is 14.2. The molecule has 0 saturated carbocycles. The number of ether oxygens (including phenoxy) is 1. The van der Waals surface area contributed by atoms with Gasteiger partial charge < -0.3 is 4.74 Å². The van der Waals surface area contributed by atoms with E-state index >= 15 is 0 Å². The van der Waals surface area contributed by atoms with Gasteiger partial charge in [-0.1, -0.05) is 150 Å². The first-order valence-corrected chi connectivity index (χ1v) is 20.6. The third-order valence-electron chi connectivity index (χ3n) is 12.0. The molecule has 1 aliphatic carbocycles. The van der Waals surface area contributed by atoms with E-state index in [1.165, 1.54) is 55.6 Å². The molecule has 3 nitrogen and oxygen atoms in total. The molecule has 2 heterocycles. The maximum absolute atomic E-state index is 6.95. The van der Waals surface area contributed by atoms with Gasteiger partial charge in [0.05, 0.1) is 16.6 Å². The fourth-order valence-electron chi connectivity index (χ4n) is 9.12. The molecule has 0 radical (unpaired) electrons. The number of hydrogen-bond donors (Lipinski definition) is 0. The zero-order valence-electron chi connectivity index (χ0n) is 35.9. The number of nitrogens with zero attached hydrogens (tertiary/aromatic N) is 2. The molecule has 0 saturated heterocycles. The molecule has 1 aliphatic rings. The summed E-state index contributed by atoms with van der Waals surface area (Å²) in [4.78, 5) is 10.3. The number of fused-ring (bicyclic) bond motifs is 4. The fraction of sp³-hybridized carbons (Fsp3) is 0.214. The summed E-state index contributed by atoms with van der Waals surface area (Å²) >= 11 is 0. The van der Waals surface area contributed by atoms with Gasteiger partial charge in [0.25, 0.3) is 0 Å².